The van der Waals surface area contributed by atoms with E-state index in [2.05, 4.69) is 46.0 Å². The largest absolute Gasteiger partial charge is 0.371 e. The van der Waals surface area contributed by atoms with Crippen LogP contribution in [0.4, 0.5) is 5.69 Å². The van der Waals surface area contributed by atoms with E-state index in [1.165, 1.54) is 43.6 Å². The highest BCUT2D eigenvalue weighted by molar-refractivity contribution is 9.10. The van der Waals surface area contributed by atoms with E-state index >= 15 is 0 Å². The maximum Gasteiger partial charge on any atom is 0.0377 e. The summed E-state index contributed by atoms with van der Waals surface area (Å²) in [6.45, 7) is 6.69. The van der Waals surface area contributed by atoms with Gasteiger partial charge in [-0.1, -0.05) is 35.3 Å². The molecule has 3 heteroatoms. The van der Waals surface area contributed by atoms with Crippen molar-refractivity contribution in [1.29, 1.82) is 0 Å². The summed E-state index contributed by atoms with van der Waals surface area (Å²) in [4.78, 5) is 2.51. The monoisotopic (exact) mass is 310 g/mol. The molecule has 0 radical (unpaired) electrons. The minimum Gasteiger partial charge on any atom is -0.371 e. The molecule has 1 aromatic rings. The summed E-state index contributed by atoms with van der Waals surface area (Å²) < 4.78 is 1.13. The minimum absolute atomic E-state index is 0.0816. The van der Waals surface area contributed by atoms with Crippen LogP contribution in [0.5, 0.6) is 0 Å². The Labute approximate surface area is 119 Å². The third-order valence-electron chi connectivity index (χ3n) is 3.94. The molecule has 1 saturated heterocycles. The Bertz CT molecular complexity index is 403. The molecule has 1 unspecified atom stereocenters. The highest BCUT2D eigenvalue weighted by atomic mass is 79.9. The van der Waals surface area contributed by atoms with Crippen LogP contribution in [-0.2, 0) is 0 Å². The quantitative estimate of drug-likeness (QED) is 0.911. The van der Waals surface area contributed by atoms with Crippen LogP contribution in [0, 0.1) is 5.92 Å². The van der Waals surface area contributed by atoms with Crippen LogP contribution >= 0.6 is 15.9 Å². The lowest BCUT2D eigenvalue weighted by molar-refractivity contribution is 0.404. The van der Waals surface area contributed by atoms with E-state index in [9.17, 15) is 0 Å². The summed E-state index contributed by atoms with van der Waals surface area (Å²) in [7, 11) is 0. The van der Waals surface area contributed by atoms with Gasteiger partial charge in [-0.2, -0.15) is 0 Å². The highest BCUT2D eigenvalue weighted by Crippen LogP contribution is 2.30. The molecule has 0 aromatic heterocycles. The number of hydrogen-bond acceptors (Lipinski definition) is 2. The van der Waals surface area contributed by atoms with E-state index < -0.39 is 0 Å². The number of hydrogen-bond donors (Lipinski definition) is 1. The molecular formula is C15H23BrN2. The van der Waals surface area contributed by atoms with E-state index in [0.717, 1.165) is 10.4 Å². The second kappa shape index (κ2) is 6.07. The fourth-order valence-corrected chi connectivity index (χ4v) is 3.44. The van der Waals surface area contributed by atoms with E-state index in [1.807, 2.05) is 6.92 Å². The van der Waals surface area contributed by atoms with Crippen molar-refractivity contribution in [3.8, 4) is 0 Å². The van der Waals surface area contributed by atoms with Crippen LogP contribution < -0.4 is 10.6 Å². The number of piperidine rings is 1. The third kappa shape index (κ3) is 3.07. The Kier molecular flexibility index (Phi) is 4.68. The summed E-state index contributed by atoms with van der Waals surface area (Å²) in [5, 5.41) is 0. The van der Waals surface area contributed by atoms with Crippen molar-refractivity contribution in [2.75, 3.05) is 18.0 Å². The minimum atomic E-state index is 0.0816. The SMILES string of the molecule is CCC1CCCN(c2ccc([C@H](C)N)c(Br)c2)C1. The van der Waals surface area contributed by atoms with Gasteiger partial charge in [0.05, 0.1) is 0 Å². The lowest BCUT2D eigenvalue weighted by atomic mass is 9.95. The molecule has 1 heterocycles. The van der Waals surface area contributed by atoms with Crippen molar-refractivity contribution in [2.45, 2.75) is 39.2 Å². The number of rotatable bonds is 3. The Morgan fingerprint density at radius 3 is 2.89 bits per heavy atom. The van der Waals surface area contributed by atoms with Gasteiger partial charge in [-0.05, 0) is 43.4 Å². The summed E-state index contributed by atoms with van der Waals surface area (Å²) in [6.07, 6.45) is 3.98. The molecule has 0 spiro atoms. The molecular weight excluding hydrogens is 288 g/mol. The molecule has 1 aliphatic rings. The number of halogens is 1. The Balaban J connectivity index is 2.16. The first-order valence-corrected chi connectivity index (χ1v) is 7.71. The summed E-state index contributed by atoms with van der Waals surface area (Å²) in [5.74, 6) is 0.852. The molecule has 0 aliphatic carbocycles. The lowest BCUT2D eigenvalue weighted by Crippen LogP contribution is -2.35. The summed E-state index contributed by atoms with van der Waals surface area (Å²) in [6, 6.07) is 6.66. The van der Waals surface area contributed by atoms with Crippen molar-refractivity contribution in [3.63, 3.8) is 0 Å². The van der Waals surface area contributed by atoms with Gasteiger partial charge in [0.15, 0.2) is 0 Å². The highest BCUT2D eigenvalue weighted by Gasteiger charge is 2.19. The number of benzene rings is 1. The average Bonchev–Trinajstić information content (AvgIpc) is 2.38. The normalized spacial score (nSPS) is 22.0. The Hall–Kier alpha value is -0.540. The molecule has 2 rings (SSSR count). The number of anilines is 1. The van der Waals surface area contributed by atoms with Gasteiger partial charge >= 0.3 is 0 Å². The second-order valence-electron chi connectivity index (χ2n) is 5.36. The third-order valence-corrected chi connectivity index (χ3v) is 4.62. The molecule has 2 nitrogen and oxygen atoms in total. The van der Waals surface area contributed by atoms with Gasteiger partial charge in [0.1, 0.15) is 0 Å². The van der Waals surface area contributed by atoms with Gasteiger partial charge < -0.3 is 10.6 Å². The zero-order valence-electron chi connectivity index (χ0n) is 11.3. The van der Waals surface area contributed by atoms with Crippen LogP contribution in [0.2, 0.25) is 0 Å². The molecule has 1 fully saturated rings. The predicted molar refractivity (Wildman–Crippen MR) is 82.0 cm³/mol. The fraction of sp³-hybridized carbons (Fsp3) is 0.600. The van der Waals surface area contributed by atoms with Crippen LogP contribution in [0.3, 0.4) is 0 Å². The molecule has 100 valence electrons. The van der Waals surface area contributed by atoms with E-state index in [4.69, 9.17) is 5.73 Å². The molecule has 0 saturated carbocycles. The topological polar surface area (TPSA) is 29.3 Å². The van der Waals surface area contributed by atoms with Crippen molar-refractivity contribution in [2.24, 2.45) is 11.7 Å². The first-order chi connectivity index (χ1) is 8.61. The van der Waals surface area contributed by atoms with E-state index in [0.29, 0.717) is 0 Å². The van der Waals surface area contributed by atoms with Crippen LogP contribution in [-0.4, -0.2) is 13.1 Å². The number of nitrogens with zero attached hydrogens (tertiary/aromatic N) is 1. The van der Waals surface area contributed by atoms with Crippen molar-refractivity contribution in [3.05, 3.63) is 28.2 Å². The smallest absolute Gasteiger partial charge is 0.0377 e. The van der Waals surface area contributed by atoms with Gasteiger partial charge in [-0.3, -0.25) is 0 Å². The van der Waals surface area contributed by atoms with E-state index in [-0.39, 0.29) is 6.04 Å². The molecule has 1 aliphatic heterocycles. The Morgan fingerprint density at radius 1 is 1.50 bits per heavy atom. The maximum atomic E-state index is 5.94. The molecule has 2 atom stereocenters. The predicted octanol–water partition coefficient (Wildman–Crippen LogP) is 4.10. The van der Waals surface area contributed by atoms with Crippen LogP contribution in [0.25, 0.3) is 0 Å². The standard InChI is InChI=1S/C15H23BrN2/c1-3-12-5-4-8-18(10-12)13-6-7-14(11(2)17)15(16)9-13/h6-7,9,11-12H,3-5,8,10,17H2,1-2H3/t11-,12?/m0/s1. The molecule has 0 bridgehead atoms. The van der Waals surface area contributed by atoms with Crippen LogP contribution in [0.15, 0.2) is 22.7 Å². The second-order valence-corrected chi connectivity index (χ2v) is 6.21. The fourth-order valence-electron chi connectivity index (χ4n) is 2.71. The maximum absolute atomic E-state index is 5.94. The van der Waals surface area contributed by atoms with E-state index in [1.54, 1.807) is 0 Å². The van der Waals surface area contributed by atoms with Gasteiger partial charge in [0, 0.05) is 29.3 Å². The zero-order valence-corrected chi connectivity index (χ0v) is 12.9. The van der Waals surface area contributed by atoms with Crippen molar-refractivity contribution >= 4 is 21.6 Å². The Morgan fingerprint density at radius 2 is 2.28 bits per heavy atom. The van der Waals surface area contributed by atoms with Crippen molar-refractivity contribution < 1.29 is 0 Å². The first-order valence-electron chi connectivity index (χ1n) is 6.91. The van der Waals surface area contributed by atoms with Crippen LogP contribution in [0.1, 0.15) is 44.7 Å². The summed E-state index contributed by atoms with van der Waals surface area (Å²) in [5.41, 5.74) is 8.45. The lowest BCUT2D eigenvalue weighted by Gasteiger charge is -2.34. The summed E-state index contributed by atoms with van der Waals surface area (Å²) >= 11 is 3.64. The van der Waals surface area contributed by atoms with Crippen molar-refractivity contribution in [1.82, 2.24) is 0 Å². The molecule has 18 heavy (non-hydrogen) atoms. The zero-order chi connectivity index (χ0) is 13.1. The van der Waals surface area contributed by atoms with Gasteiger partial charge in [0.2, 0.25) is 0 Å². The van der Waals surface area contributed by atoms with Gasteiger partial charge in [0.25, 0.3) is 0 Å². The first kappa shape index (κ1) is 13.9. The molecule has 0 amide bonds. The molecule has 2 N–H and O–H groups in total. The average molecular weight is 311 g/mol. The molecule has 1 aromatic carbocycles. The number of nitrogens with two attached hydrogens (primary N) is 1. The van der Waals surface area contributed by atoms with Gasteiger partial charge in [-0.25, -0.2) is 0 Å². The van der Waals surface area contributed by atoms with Gasteiger partial charge in [-0.15, -0.1) is 0 Å².